The number of azide groups is 1. The van der Waals surface area contributed by atoms with Crippen LogP contribution in [0, 0.1) is 0 Å². The number of carbonyl (C=O) groups is 7. The van der Waals surface area contributed by atoms with Crippen LogP contribution in [0.25, 0.3) is 10.4 Å². The number of nitrogens with one attached hydrogen (secondary N) is 1. The molecule has 222 valence electrons. The average Bonchev–Trinajstić information content (AvgIpc) is 2.79. The van der Waals surface area contributed by atoms with Crippen LogP contribution in [-0.4, -0.2) is 90.9 Å². The summed E-state index contributed by atoms with van der Waals surface area (Å²) in [5, 5.41) is 3.85. The quantitative estimate of drug-likeness (QED) is 0.0644. The van der Waals surface area contributed by atoms with Crippen molar-refractivity contribution < 1.29 is 70.8 Å². The van der Waals surface area contributed by atoms with Gasteiger partial charge in [-0.3, -0.25) is 28.8 Å². The number of alkyl halides is 2. The molecule has 0 aromatic heterocycles. The van der Waals surface area contributed by atoms with Crippen LogP contribution in [0.4, 0.5) is 8.78 Å². The van der Waals surface area contributed by atoms with E-state index in [4.69, 9.17) is 29.2 Å². The Morgan fingerprint density at radius 2 is 1.57 bits per heavy atom. The van der Waals surface area contributed by atoms with E-state index in [1.165, 1.54) is 0 Å². The van der Waals surface area contributed by atoms with Crippen molar-refractivity contribution in [1.29, 1.82) is 0 Å². The first-order valence-corrected chi connectivity index (χ1v) is 11.3. The van der Waals surface area contributed by atoms with Gasteiger partial charge in [0.2, 0.25) is 0 Å². The molecule has 1 heterocycles. The fraction of sp³-hybridized carbons (Fsp3) is 0.667. The Bertz CT molecular complexity index is 1080. The highest BCUT2D eigenvalue weighted by Gasteiger charge is 2.53. The molecular formula is C21H26F2N4O13. The van der Waals surface area contributed by atoms with E-state index in [9.17, 15) is 42.3 Å². The van der Waals surface area contributed by atoms with Gasteiger partial charge in [0.05, 0.1) is 6.04 Å². The molecule has 1 saturated heterocycles. The van der Waals surface area contributed by atoms with Gasteiger partial charge >= 0.3 is 41.9 Å². The molecule has 0 spiro atoms. The normalized spacial score (nSPS) is 21.8. The molecule has 19 heteroatoms. The van der Waals surface area contributed by atoms with Crippen molar-refractivity contribution in [3.8, 4) is 0 Å². The molecule has 1 aliphatic heterocycles. The average molecular weight is 580 g/mol. The van der Waals surface area contributed by atoms with E-state index < -0.39 is 97.4 Å². The lowest BCUT2D eigenvalue weighted by atomic mass is 9.89. The molecule has 40 heavy (non-hydrogen) atoms. The zero-order chi connectivity index (χ0) is 30.8. The largest absolute Gasteiger partial charge is 0.462 e. The lowest BCUT2D eigenvalue weighted by molar-refractivity contribution is -0.219. The maximum absolute atomic E-state index is 14.1. The Morgan fingerprint density at radius 3 is 2.05 bits per heavy atom. The molecule has 0 saturated carbocycles. The van der Waals surface area contributed by atoms with Crippen molar-refractivity contribution in [3.63, 3.8) is 0 Å². The second-order valence-corrected chi connectivity index (χ2v) is 8.14. The summed E-state index contributed by atoms with van der Waals surface area (Å²) < 4.78 is 58.4. The SMILES string of the molecule is CC(=O)OC[C@@H](OC(C)=O)[C@@H](OC(C)=O)C1O[C@@H](C(=O)OC(C)=O)CC(OC(C)=O)[C@H]1NC(=O)C(F)(F)N=[N+]=[N-]. The van der Waals surface area contributed by atoms with Crippen LogP contribution in [0.1, 0.15) is 41.0 Å². The van der Waals surface area contributed by atoms with Crippen molar-refractivity contribution in [2.24, 2.45) is 5.11 Å². The van der Waals surface area contributed by atoms with Gasteiger partial charge in [-0.25, -0.2) is 4.79 Å². The Morgan fingerprint density at radius 1 is 0.975 bits per heavy atom. The molecule has 1 amide bonds. The third-order valence-electron chi connectivity index (χ3n) is 4.85. The van der Waals surface area contributed by atoms with E-state index in [1.807, 2.05) is 4.91 Å². The molecule has 0 aromatic rings. The number of hydrogen-bond donors (Lipinski definition) is 1. The summed E-state index contributed by atoms with van der Waals surface area (Å²) in [7, 11) is 0. The van der Waals surface area contributed by atoms with Gasteiger partial charge in [-0.2, -0.15) is 8.78 Å². The third-order valence-corrected chi connectivity index (χ3v) is 4.85. The standard InChI is InChI=1S/C21H26F2N4O13/c1-8(28)35-7-15(37-10(3)30)17(38-11(4)31)18-16(25-20(34)21(22,23)26-27-24)13(36-9(2)29)6-14(40-18)19(33)39-12(5)32/h13-18H,6-7H2,1-5H3,(H,25,34)/t13?,14-,15-,16-,17-,18?/m1/s1. The first-order valence-electron chi connectivity index (χ1n) is 11.3. The van der Waals surface area contributed by atoms with Crippen molar-refractivity contribution in [2.75, 3.05) is 6.61 Å². The third kappa shape index (κ3) is 10.4. The van der Waals surface area contributed by atoms with E-state index in [1.54, 1.807) is 5.32 Å². The molecule has 17 nitrogen and oxygen atoms in total. The second-order valence-electron chi connectivity index (χ2n) is 8.14. The number of halogens is 2. The van der Waals surface area contributed by atoms with Gasteiger partial charge in [0, 0.05) is 46.0 Å². The number of esters is 6. The minimum Gasteiger partial charge on any atom is -0.462 e. The topological polar surface area (TPSA) is 236 Å². The Kier molecular flexibility index (Phi) is 12.4. The van der Waals surface area contributed by atoms with Crippen LogP contribution in [-0.2, 0) is 62.0 Å². The van der Waals surface area contributed by atoms with Crippen molar-refractivity contribution in [3.05, 3.63) is 10.4 Å². The molecule has 0 aliphatic carbocycles. The molecule has 2 unspecified atom stereocenters. The maximum Gasteiger partial charge on any atom is 0.401 e. The fourth-order valence-corrected chi connectivity index (χ4v) is 3.54. The second kappa shape index (κ2) is 14.7. The van der Waals surface area contributed by atoms with Gasteiger partial charge in [0.25, 0.3) is 5.91 Å². The summed E-state index contributed by atoms with van der Waals surface area (Å²) in [5.41, 5.74) is 8.37. The monoisotopic (exact) mass is 580 g/mol. The van der Waals surface area contributed by atoms with Gasteiger partial charge in [0.15, 0.2) is 18.3 Å². The van der Waals surface area contributed by atoms with Crippen LogP contribution in [0.15, 0.2) is 5.11 Å². The molecule has 1 fully saturated rings. The van der Waals surface area contributed by atoms with Crippen LogP contribution in [0.5, 0.6) is 0 Å². The van der Waals surface area contributed by atoms with Gasteiger partial charge in [-0.1, -0.05) is 0 Å². The summed E-state index contributed by atoms with van der Waals surface area (Å²) in [5.74, 6) is -8.67. The Hall–Kier alpha value is -4.38. The number of rotatable bonds is 11. The maximum atomic E-state index is 14.1. The van der Waals surface area contributed by atoms with Crippen LogP contribution in [0.2, 0.25) is 0 Å². The smallest absolute Gasteiger partial charge is 0.401 e. The minimum atomic E-state index is -4.69. The first kappa shape index (κ1) is 33.6. The van der Waals surface area contributed by atoms with Gasteiger partial charge < -0.3 is 33.7 Å². The zero-order valence-corrected chi connectivity index (χ0v) is 21.8. The number of amides is 1. The van der Waals surface area contributed by atoms with Crippen LogP contribution in [0.3, 0.4) is 0 Å². The Balaban J connectivity index is 3.77. The summed E-state index contributed by atoms with van der Waals surface area (Å²) in [6.07, 6.45) is -9.87. The lowest BCUT2D eigenvalue weighted by Gasteiger charge is -2.44. The lowest BCUT2D eigenvalue weighted by Crippen LogP contribution is -2.66. The number of hydrogen-bond acceptors (Lipinski definition) is 14. The molecule has 0 aromatic carbocycles. The van der Waals surface area contributed by atoms with Crippen molar-refractivity contribution >= 4 is 41.7 Å². The van der Waals surface area contributed by atoms with Gasteiger partial charge in [-0.05, 0) is 10.6 Å². The zero-order valence-electron chi connectivity index (χ0n) is 21.8. The summed E-state index contributed by atoms with van der Waals surface area (Å²) in [6.45, 7) is 3.74. The number of ether oxygens (including phenoxy) is 6. The highest BCUT2D eigenvalue weighted by atomic mass is 19.3. The molecule has 6 atom stereocenters. The summed E-state index contributed by atoms with van der Waals surface area (Å²) in [6, 6.07) is -6.61. The van der Waals surface area contributed by atoms with Crippen molar-refractivity contribution in [2.45, 2.75) is 83.6 Å². The predicted molar refractivity (Wildman–Crippen MR) is 119 cm³/mol. The fourth-order valence-electron chi connectivity index (χ4n) is 3.54. The summed E-state index contributed by atoms with van der Waals surface area (Å²) >= 11 is 0. The first-order chi connectivity index (χ1) is 18.5. The van der Waals surface area contributed by atoms with Crippen LogP contribution < -0.4 is 5.32 Å². The highest BCUT2D eigenvalue weighted by Crippen LogP contribution is 2.31. The van der Waals surface area contributed by atoms with E-state index in [-0.39, 0.29) is 0 Å². The number of carbonyl (C=O) groups excluding carboxylic acids is 7. The van der Waals surface area contributed by atoms with Gasteiger partial charge in [-0.15, -0.1) is 0 Å². The predicted octanol–water partition coefficient (Wildman–Crippen LogP) is -0.0203. The highest BCUT2D eigenvalue weighted by molar-refractivity contribution is 5.87. The van der Waals surface area contributed by atoms with E-state index >= 15 is 0 Å². The summed E-state index contributed by atoms with van der Waals surface area (Å²) in [4.78, 5) is 85.2. The van der Waals surface area contributed by atoms with Crippen LogP contribution >= 0.6 is 0 Å². The van der Waals surface area contributed by atoms with Gasteiger partial charge in [0.1, 0.15) is 18.8 Å². The van der Waals surface area contributed by atoms with Crippen molar-refractivity contribution in [1.82, 2.24) is 5.32 Å². The molecule has 0 radical (unpaired) electrons. The molecule has 1 aliphatic rings. The minimum absolute atomic E-state index is 0.685. The van der Waals surface area contributed by atoms with E-state index in [2.05, 4.69) is 9.85 Å². The number of nitrogens with zero attached hydrogens (tertiary/aromatic N) is 3. The van der Waals surface area contributed by atoms with E-state index in [0.717, 1.165) is 34.6 Å². The Labute approximate surface area is 224 Å². The molecule has 1 rings (SSSR count). The molecular weight excluding hydrogens is 554 g/mol. The molecule has 1 N–H and O–H groups in total. The van der Waals surface area contributed by atoms with E-state index in [0.29, 0.717) is 0 Å². The molecule has 0 bridgehead atoms.